The first kappa shape index (κ1) is 23.7. The number of aryl methyl sites for hydroxylation is 2. The van der Waals surface area contributed by atoms with Crippen LogP contribution in [0.3, 0.4) is 0 Å². The number of hydrogen-bond donors (Lipinski definition) is 2. The van der Waals surface area contributed by atoms with Crippen molar-refractivity contribution in [1.29, 1.82) is 0 Å². The molecule has 5 nitrogen and oxygen atoms in total. The van der Waals surface area contributed by atoms with E-state index in [1.54, 1.807) is 11.3 Å². The number of aliphatic hydroxyl groups is 2. The van der Waals surface area contributed by atoms with E-state index >= 15 is 0 Å². The highest BCUT2D eigenvalue weighted by Crippen LogP contribution is 2.67. The van der Waals surface area contributed by atoms with Crippen LogP contribution in [0, 0.1) is 42.4 Å². The van der Waals surface area contributed by atoms with Gasteiger partial charge in [0.25, 0.3) is 0 Å². The summed E-state index contributed by atoms with van der Waals surface area (Å²) >= 11 is 3.01. The van der Waals surface area contributed by atoms with Gasteiger partial charge in [-0.15, -0.1) is 11.3 Å². The maximum atomic E-state index is 13.5. The van der Waals surface area contributed by atoms with E-state index < -0.39 is 17.1 Å². The molecule has 0 radical (unpaired) electrons. The highest BCUT2D eigenvalue weighted by atomic mass is 32.2. The largest absolute Gasteiger partial charge is 0.393 e. The van der Waals surface area contributed by atoms with E-state index in [1.165, 1.54) is 17.3 Å². The number of carbonyl (C=O) groups excluding carboxylic acids is 2. The Morgan fingerprint density at radius 3 is 2.70 bits per heavy atom. The van der Waals surface area contributed by atoms with Crippen LogP contribution in [0.2, 0.25) is 0 Å². The maximum absolute atomic E-state index is 13.5. The molecule has 7 heteroatoms. The zero-order chi connectivity index (χ0) is 23.8. The number of allylic oxidation sites excluding steroid dienone is 1. The van der Waals surface area contributed by atoms with E-state index in [0.717, 1.165) is 40.6 Å². The van der Waals surface area contributed by atoms with Gasteiger partial charge in [0.05, 0.1) is 17.6 Å². The van der Waals surface area contributed by atoms with Crippen LogP contribution >= 0.6 is 23.1 Å². The quantitative estimate of drug-likeness (QED) is 0.599. The van der Waals surface area contributed by atoms with Crippen molar-refractivity contribution < 1.29 is 19.8 Å². The number of thioether (sulfide) groups is 1. The number of hydrogen-bond acceptors (Lipinski definition) is 7. The van der Waals surface area contributed by atoms with Gasteiger partial charge in [-0.05, 0) is 81.6 Å². The molecule has 33 heavy (non-hydrogen) atoms. The lowest BCUT2D eigenvalue weighted by Gasteiger charge is -2.60. The minimum atomic E-state index is -1.41. The fourth-order valence-corrected chi connectivity index (χ4v) is 10.0. The first-order valence-electron chi connectivity index (χ1n) is 12.2. The molecule has 0 saturated heterocycles. The van der Waals surface area contributed by atoms with Gasteiger partial charge < -0.3 is 10.2 Å². The third kappa shape index (κ3) is 3.44. The van der Waals surface area contributed by atoms with Gasteiger partial charge >= 0.3 is 0 Å². The molecule has 1 heterocycles. The van der Waals surface area contributed by atoms with Crippen LogP contribution in [0.1, 0.15) is 69.4 Å². The zero-order valence-corrected chi connectivity index (χ0v) is 21.7. The Morgan fingerprint density at radius 1 is 1.24 bits per heavy atom. The Labute approximate surface area is 204 Å². The minimum Gasteiger partial charge on any atom is -0.393 e. The number of fused-ring (bicyclic) bond motifs is 5. The normalized spacial score (nSPS) is 42.4. The fraction of sp³-hybridized carbons (Fsp3) is 0.731. The van der Waals surface area contributed by atoms with Gasteiger partial charge in [-0.2, -0.15) is 0 Å². The highest BCUT2D eigenvalue weighted by Gasteiger charge is 2.68. The Hall–Kier alpha value is -1.02. The lowest BCUT2D eigenvalue weighted by molar-refractivity contribution is -0.178. The molecular formula is C26H35NO4S2. The summed E-state index contributed by atoms with van der Waals surface area (Å²) in [4.78, 5) is 31.2. The Bertz CT molecular complexity index is 1010. The second-order valence-electron chi connectivity index (χ2n) is 11.3. The van der Waals surface area contributed by atoms with Gasteiger partial charge in [-0.3, -0.25) is 9.59 Å². The SMILES string of the molecule is Cc1nc(SCC(=O)[C@@]2(O)CCC3C4CCC5=CC(=O)CCC5(C)C4C(O)CC32C)sc1C. The molecule has 0 aliphatic heterocycles. The molecule has 3 fully saturated rings. The van der Waals surface area contributed by atoms with Crippen molar-refractivity contribution in [1.82, 2.24) is 4.98 Å². The molecule has 1 aromatic rings. The molecule has 0 amide bonds. The number of thiazole rings is 1. The lowest BCUT2D eigenvalue weighted by atomic mass is 9.45. The second-order valence-corrected chi connectivity index (χ2v) is 13.7. The predicted molar refractivity (Wildman–Crippen MR) is 130 cm³/mol. The molecule has 180 valence electrons. The summed E-state index contributed by atoms with van der Waals surface area (Å²) in [7, 11) is 0. The summed E-state index contributed by atoms with van der Waals surface area (Å²) in [6, 6.07) is 0. The third-order valence-corrected chi connectivity index (χ3v) is 12.1. The first-order valence-corrected chi connectivity index (χ1v) is 14.0. The predicted octanol–water partition coefficient (Wildman–Crippen LogP) is 4.65. The van der Waals surface area contributed by atoms with Crippen molar-refractivity contribution in [3.8, 4) is 0 Å². The molecule has 0 spiro atoms. The maximum Gasteiger partial charge on any atom is 0.175 e. The van der Waals surface area contributed by atoms with Crippen molar-refractivity contribution in [2.45, 2.75) is 88.7 Å². The number of rotatable bonds is 4. The number of aliphatic hydroxyl groups excluding tert-OH is 1. The summed E-state index contributed by atoms with van der Waals surface area (Å²) in [6.45, 7) is 8.28. The van der Waals surface area contributed by atoms with Gasteiger partial charge in [0.2, 0.25) is 0 Å². The van der Waals surface area contributed by atoms with Gasteiger partial charge in [0.15, 0.2) is 15.9 Å². The Morgan fingerprint density at radius 2 is 2.00 bits per heavy atom. The fourth-order valence-electron chi connectivity index (χ4n) is 7.90. The van der Waals surface area contributed by atoms with E-state index in [0.29, 0.717) is 19.3 Å². The number of aromatic nitrogens is 1. The molecule has 6 unspecified atom stereocenters. The summed E-state index contributed by atoms with van der Waals surface area (Å²) in [5.41, 5.74) is 0.0159. The smallest absolute Gasteiger partial charge is 0.175 e. The average molecular weight is 490 g/mol. The van der Waals surface area contributed by atoms with Crippen LogP contribution in [-0.4, -0.2) is 44.2 Å². The van der Waals surface area contributed by atoms with Crippen LogP contribution in [0.25, 0.3) is 0 Å². The highest BCUT2D eigenvalue weighted by molar-refractivity contribution is 8.01. The molecule has 3 saturated carbocycles. The monoisotopic (exact) mass is 489 g/mol. The second kappa shape index (κ2) is 8.00. The van der Waals surface area contributed by atoms with Gasteiger partial charge in [0.1, 0.15) is 5.60 Å². The van der Waals surface area contributed by atoms with Crippen LogP contribution in [0.15, 0.2) is 16.0 Å². The standard InChI is InChI=1S/C26H35NO4S2/c1-14-15(2)33-23(27-14)32-13-21(30)26(31)10-8-19-18-6-5-16-11-17(28)7-9-24(16,3)22(18)20(29)12-25(19,26)4/h11,18-20,22,29,31H,5-10,12-13H2,1-4H3/t18?,19?,20?,22?,24?,25?,26-/m0/s1. The number of Topliss-reactive ketones (excluding diaryl/α,β-unsaturated/α-hetero) is 1. The topological polar surface area (TPSA) is 87.5 Å². The molecule has 4 aliphatic carbocycles. The van der Waals surface area contributed by atoms with Crippen molar-refractivity contribution in [3.05, 3.63) is 22.2 Å². The van der Waals surface area contributed by atoms with Gasteiger partial charge in [-0.1, -0.05) is 31.2 Å². The molecule has 0 bridgehead atoms. The molecule has 7 atom stereocenters. The first-order chi connectivity index (χ1) is 15.5. The van der Waals surface area contributed by atoms with Crippen LogP contribution in [0.4, 0.5) is 0 Å². The Kier molecular flexibility index (Phi) is 5.75. The number of carbonyl (C=O) groups is 2. The van der Waals surface area contributed by atoms with E-state index in [4.69, 9.17) is 0 Å². The van der Waals surface area contributed by atoms with Crippen molar-refractivity contribution in [3.63, 3.8) is 0 Å². The van der Waals surface area contributed by atoms with E-state index in [9.17, 15) is 19.8 Å². The summed E-state index contributed by atoms with van der Waals surface area (Å²) in [5.74, 6) is 0.872. The van der Waals surface area contributed by atoms with Crippen LogP contribution in [-0.2, 0) is 9.59 Å². The summed E-state index contributed by atoms with van der Waals surface area (Å²) in [6.07, 6.45) is 6.15. The van der Waals surface area contributed by atoms with E-state index in [1.807, 2.05) is 26.8 Å². The van der Waals surface area contributed by atoms with E-state index in [-0.39, 0.29) is 40.5 Å². The van der Waals surface area contributed by atoms with Crippen molar-refractivity contribution in [2.24, 2.45) is 28.6 Å². The molecule has 0 aromatic carbocycles. The van der Waals surface area contributed by atoms with Gasteiger partial charge in [-0.25, -0.2) is 4.98 Å². The third-order valence-electron chi connectivity index (χ3n) is 9.85. The zero-order valence-electron chi connectivity index (χ0n) is 20.0. The number of ketones is 2. The lowest BCUT2D eigenvalue weighted by Crippen LogP contribution is -2.61. The van der Waals surface area contributed by atoms with E-state index in [2.05, 4.69) is 11.9 Å². The molecule has 2 N–H and O–H groups in total. The van der Waals surface area contributed by atoms with Crippen molar-refractivity contribution in [2.75, 3.05) is 5.75 Å². The molecule has 5 rings (SSSR count). The average Bonchev–Trinajstić information content (AvgIpc) is 3.22. The van der Waals surface area contributed by atoms with Crippen LogP contribution in [0.5, 0.6) is 0 Å². The Balaban J connectivity index is 1.39. The van der Waals surface area contributed by atoms with Gasteiger partial charge in [0, 0.05) is 16.7 Å². The summed E-state index contributed by atoms with van der Waals surface area (Å²) < 4.78 is 0.872. The molecule has 1 aromatic heterocycles. The number of nitrogens with zero attached hydrogens (tertiary/aromatic N) is 1. The van der Waals surface area contributed by atoms with Crippen molar-refractivity contribution >= 4 is 34.7 Å². The minimum absolute atomic E-state index is 0.0942. The summed E-state index contributed by atoms with van der Waals surface area (Å²) in [5, 5.41) is 23.3. The van der Waals surface area contributed by atoms with Crippen LogP contribution < -0.4 is 0 Å². The molecule has 4 aliphatic rings. The molecular weight excluding hydrogens is 454 g/mol.